The first-order valence-corrected chi connectivity index (χ1v) is 9.40. The van der Waals surface area contributed by atoms with Crippen molar-refractivity contribution in [2.24, 2.45) is 0 Å². The minimum absolute atomic E-state index is 0.136. The van der Waals surface area contributed by atoms with E-state index in [0.29, 0.717) is 13.1 Å². The van der Waals surface area contributed by atoms with Crippen molar-refractivity contribution < 1.29 is 4.79 Å². The van der Waals surface area contributed by atoms with E-state index in [1.807, 2.05) is 30.2 Å². The van der Waals surface area contributed by atoms with Crippen molar-refractivity contribution in [3.05, 3.63) is 28.7 Å². The van der Waals surface area contributed by atoms with Crippen LogP contribution in [0, 0.1) is 13.8 Å². The maximum Gasteiger partial charge on any atom is 0.236 e. The SMILES string of the molecule is CNCC(=O)N1CCC[C@@H](c2nc(C)cc(Nc3nc(C)cs3)n2)C1. The second kappa shape index (κ2) is 7.88. The van der Waals surface area contributed by atoms with E-state index in [-0.39, 0.29) is 11.8 Å². The van der Waals surface area contributed by atoms with Gasteiger partial charge >= 0.3 is 0 Å². The van der Waals surface area contributed by atoms with Crippen molar-refractivity contribution in [1.29, 1.82) is 0 Å². The fraction of sp³-hybridized carbons (Fsp3) is 0.529. The van der Waals surface area contributed by atoms with Crippen LogP contribution >= 0.6 is 11.3 Å². The van der Waals surface area contributed by atoms with Gasteiger partial charge in [0.2, 0.25) is 5.91 Å². The molecule has 8 heteroatoms. The van der Waals surface area contributed by atoms with Crippen LogP contribution in [0.2, 0.25) is 0 Å². The molecule has 1 amide bonds. The van der Waals surface area contributed by atoms with E-state index in [1.54, 1.807) is 18.4 Å². The zero-order valence-electron chi connectivity index (χ0n) is 14.9. The summed E-state index contributed by atoms with van der Waals surface area (Å²) < 4.78 is 0. The lowest BCUT2D eigenvalue weighted by molar-refractivity contribution is -0.131. The number of aromatic nitrogens is 3. The maximum absolute atomic E-state index is 12.2. The number of carbonyl (C=O) groups excluding carboxylic acids is 1. The maximum atomic E-state index is 12.2. The number of piperidine rings is 1. The smallest absolute Gasteiger partial charge is 0.236 e. The number of likely N-dealkylation sites (tertiary alicyclic amines) is 1. The van der Waals surface area contributed by atoms with Crippen molar-refractivity contribution in [1.82, 2.24) is 25.2 Å². The predicted octanol–water partition coefficient (Wildman–Crippen LogP) is 2.22. The Kier molecular flexibility index (Phi) is 5.60. The molecule has 1 atom stereocenters. The molecular formula is C17H24N6OS. The molecule has 1 fully saturated rings. The number of rotatable bonds is 5. The molecule has 2 N–H and O–H groups in total. The zero-order chi connectivity index (χ0) is 17.8. The molecule has 1 aliphatic rings. The average Bonchev–Trinajstić information content (AvgIpc) is 2.99. The van der Waals surface area contributed by atoms with Crippen molar-refractivity contribution in [2.75, 3.05) is 32.0 Å². The third kappa shape index (κ3) is 4.52. The summed E-state index contributed by atoms with van der Waals surface area (Å²) in [5.41, 5.74) is 1.91. The summed E-state index contributed by atoms with van der Waals surface area (Å²) in [4.78, 5) is 27.8. The summed E-state index contributed by atoms with van der Waals surface area (Å²) in [6, 6.07) is 1.92. The van der Waals surface area contributed by atoms with Crippen LogP contribution in [-0.4, -0.2) is 52.4 Å². The Bertz CT molecular complexity index is 746. The second-order valence-corrected chi connectivity index (χ2v) is 7.24. The van der Waals surface area contributed by atoms with E-state index in [0.717, 1.165) is 47.5 Å². The topological polar surface area (TPSA) is 83.0 Å². The van der Waals surface area contributed by atoms with Gasteiger partial charge in [-0.3, -0.25) is 4.79 Å². The minimum atomic E-state index is 0.136. The molecule has 3 heterocycles. The Morgan fingerprint density at radius 3 is 2.88 bits per heavy atom. The number of amides is 1. The van der Waals surface area contributed by atoms with Crippen LogP contribution in [0.1, 0.15) is 36.0 Å². The van der Waals surface area contributed by atoms with E-state index in [9.17, 15) is 4.79 Å². The molecule has 25 heavy (non-hydrogen) atoms. The fourth-order valence-electron chi connectivity index (χ4n) is 3.04. The van der Waals surface area contributed by atoms with Crippen molar-refractivity contribution in [3.8, 4) is 0 Å². The summed E-state index contributed by atoms with van der Waals surface area (Å²) in [5.74, 6) is 1.87. The van der Waals surface area contributed by atoms with Gasteiger partial charge in [-0.25, -0.2) is 15.0 Å². The molecule has 0 saturated carbocycles. The van der Waals surface area contributed by atoms with Gasteiger partial charge in [0.1, 0.15) is 11.6 Å². The van der Waals surface area contributed by atoms with Gasteiger partial charge in [0.05, 0.1) is 12.2 Å². The number of carbonyl (C=O) groups is 1. The van der Waals surface area contributed by atoms with Crippen LogP contribution in [-0.2, 0) is 4.79 Å². The Hall–Kier alpha value is -2.06. The van der Waals surface area contributed by atoms with E-state index >= 15 is 0 Å². The van der Waals surface area contributed by atoms with Crippen LogP contribution in [0.5, 0.6) is 0 Å². The molecule has 0 radical (unpaired) electrons. The van der Waals surface area contributed by atoms with Gasteiger partial charge in [-0.1, -0.05) is 0 Å². The molecule has 0 spiro atoms. The van der Waals surface area contributed by atoms with Gasteiger partial charge in [-0.05, 0) is 33.7 Å². The summed E-state index contributed by atoms with van der Waals surface area (Å²) in [5, 5.41) is 9.03. The average molecular weight is 360 g/mol. The number of nitrogens with one attached hydrogen (secondary N) is 2. The monoisotopic (exact) mass is 360 g/mol. The molecule has 0 aromatic carbocycles. The lowest BCUT2D eigenvalue weighted by Crippen LogP contribution is -2.43. The molecule has 1 aliphatic heterocycles. The Balaban J connectivity index is 1.76. The minimum Gasteiger partial charge on any atom is -0.341 e. The van der Waals surface area contributed by atoms with E-state index in [1.165, 1.54) is 0 Å². The Morgan fingerprint density at radius 2 is 2.16 bits per heavy atom. The Labute approximate surface area is 151 Å². The van der Waals surface area contributed by atoms with Crippen molar-refractivity contribution in [3.63, 3.8) is 0 Å². The third-order valence-electron chi connectivity index (χ3n) is 4.19. The zero-order valence-corrected chi connectivity index (χ0v) is 15.7. The van der Waals surface area contributed by atoms with E-state index in [4.69, 9.17) is 4.98 Å². The molecule has 7 nitrogen and oxygen atoms in total. The number of anilines is 2. The van der Waals surface area contributed by atoms with Gasteiger partial charge in [0.25, 0.3) is 0 Å². The van der Waals surface area contributed by atoms with Crippen molar-refractivity contribution >= 4 is 28.2 Å². The van der Waals surface area contributed by atoms with Gasteiger partial charge < -0.3 is 15.5 Å². The van der Waals surface area contributed by atoms with Crippen LogP contribution in [0.15, 0.2) is 11.4 Å². The lowest BCUT2D eigenvalue weighted by atomic mass is 9.97. The van der Waals surface area contributed by atoms with Crippen LogP contribution in [0.4, 0.5) is 10.9 Å². The number of thiazole rings is 1. The molecule has 2 aromatic rings. The summed E-state index contributed by atoms with van der Waals surface area (Å²) >= 11 is 1.56. The molecule has 1 saturated heterocycles. The first-order valence-electron chi connectivity index (χ1n) is 8.52. The second-order valence-electron chi connectivity index (χ2n) is 6.38. The summed E-state index contributed by atoms with van der Waals surface area (Å²) in [6.45, 7) is 5.80. The third-order valence-corrected chi connectivity index (χ3v) is 5.07. The highest BCUT2D eigenvalue weighted by Crippen LogP contribution is 2.27. The summed E-state index contributed by atoms with van der Waals surface area (Å²) in [7, 11) is 1.79. The lowest BCUT2D eigenvalue weighted by Gasteiger charge is -2.32. The quantitative estimate of drug-likeness (QED) is 0.851. The van der Waals surface area contributed by atoms with E-state index < -0.39 is 0 Å². The molecule has 0 unspecified atom stereocenters. The predicted molar refractivity (Wildman–Crippen MR) is 99.4 cm³/mol. The number of nitrogens with zero attached hydrogens (tertiary/aromatic N) is 4. The highest BCUT2D eigenvalue weighted by molar-refractivity contribution is 7.13. The number of aryl methyl sites for hydroxylation is 2. The van der Waals surface area contributed by atoms with E-state index in [2.05, 4.69) is 20.6 Å². The highest BCUT2D eigenvalue weighted by Gasteiger charge is 2.26. The normalized spacial score (nSPS) is 17.6. The first kappa shape index (κ1) is 17.8. The molecule has 134 valence electrons. The summed E-state index contributed by atoms with van der Waals surface area (Å²) in [6.07, 6.45) is 1.98. The highest BCUT2D eigenvalue weighted by atomic mass is 32.1. The number of hydrogen-bond donors (Lipinski definition) is 2. The molecule has 0 aliphatic carbocycles. The van der Waals surface area contributed by atoms with Gasteiger partial charge in [0.15, 0.2) is 5.13 Å². The van der Waals surface area contributed by atoms with Gasteiger partial charge in [-0.15, -0.1) is 11.3 Å². The molecular weight excluding hydrogens is 336 g/mol. The van der Waals surface area contributed by atoms with Crippen LogP contribution in [0.25, 0.3) is 0 Å². The molecule has 2 aromatic heterocycles. The van der Waals surface area contributed by atoms with Crippen LogP contribution in [0.3, 0.4) is 0 Å². The van der Waals surface area contributed by atoms with Crippen molar-refractivity contribution in [2.45, 2.75) is 32.6 Å². The Morgan fingerprint density at radius 1 is 1.32 bits per heavy atom. The van der Waals surface area contributed by atoms with Crippen LogP contribution < -0.4 is 10.6 Å². The van der Waals surface area contributed by atoms with Gasteiger partial charge in [0, 0.05) is 36.1 Å². The van der Waals surface area contributed by atoms with Gasteiger partial charge in [-0.2, -0.15) is 0 Å². The fourth-order valence-corrected chi connectivity index (χ4v) is 3.73. The number of likely N-dealkylation sites (N-methyl/N-ethyl adjacent to an activating group) is 1. The largest absolute Gasteiger partial charge is 0.341 e. The standard InChI is InChI=1S/C17H24N6OS/c1-11-7-14(22-17-20-12(2)10-25-17)21-16(19-11)13-5-4-6-23(9-13)15(24)8-18-3/h7,10,13,18H,4-6,8-9H2,1-3H3,(H,19,20,21,22)/t13-/m1/s1. The first-order chi connectivity index (χ1) is 12.0. The number of hydrogen-bond acceptors (Lipinski definition) is 7. The molecule has 0 bridgehead atoms. The molecule has 3 rings (SSSR count).